The molecule has 0 atom stereocenters. The fourth-order valence-electron chi connectivity index (χ4n) is 3.22. The third kappa shape index (κ3) is 2.84. The molecule has 3 rings (SSSR count). The first-order chi connectivity index (χ1) is 11.7. The lowest BCUT2D eigenvalue weighted by atomic mass is 10.1. The Morgan fingerprint density at radius 2 is 1.46 bits per heavy atom. The smallest absolute Gasteiger partial charge is 0.206 e. The van der Waals surface area contributed by atoms with Gasteiger partial charge in [0.05, 0.1) is 19.5 Å². The molecule has 0 bridgehead atoms. The van der Waals surface area contributed by atoms with E-state index in [2.05, 4.69) is 18.4 Å². The van der Waals surface area contributed by atoms with Crippen LogP contribution in [0.5, 0.6) is 11.5 Å². The van der Waals surface area contributed by atoms with Crippen molar-refractivity contribution in [1.82, 2.24) is 0 Å². The zero-order chi connectivity index (χ0) is 17.1. The number of hydrogen-bond donors (Lipinski definition) is 0. The van der Waals surface area contributed by atoms with Crippen LogP contribution < -0.4 is 14.0 Å². The van der Waals surface area contributed by atoms with Crippen molar-refractivity contribution in [3.63, 3.8) is 0 Å². The van der Waals surface area contributed by atoms with Crippen LogP contribution in [0.25, 0.3) is 11.1 Å². The Bertz CT molecular complexity index is 747. The maximum absolute atomic E-state index is 5.90. The summed E-state index contributed by atoms with van der Waals surface area (Å²) < 4.78 is 19.6. The van der Waals surface area contributed by atoms with Crippen LogP contribution in [0, 0.1) is 13.8 Å². The Balaban J connectivity index is 2.23. The molecule has 2 aliphatic rings. The average molecular weight is 326 g/mol. The van der Waals surface area contributed by atoms with Crippen molar-refractivity contribution in [1.29, 1.82) is 0 Å². The van der Waals surface area contributed by atoms with Gasteiger partial charge < -0.3 is 13.9 Å². The third-order valence-electron chi connectivity index (χ3n) is 4.27. The van der Waals surface area contributed by atoms with Gasteiger partial charge >= 0.3 is 0 Å². The molecule has 24 heavy (non-hydrogen) atoms. The van der Waals surface area contributed by atoms with Gasteiger partial charge in [-0.2, -0.15) is 4.57 Å². The van der Waals surface area contributed by atoms with Gasteiger partial charge in [-0.1, -0.05) is 6.07 Å². The highest BCUT2D eigenvalue weighted by Crippen LogP contribution is 2.41. The van der Waals surface area contributed by atoms with Crippen LogP contribution in [0.3, 0.4) is 0 Å². The molecular formula is C20H24NO3+. The minimum Gasteiger partial charge on any atom is -0.493 e. The highest BCUT2D eigenvalue weighted by molar-refractivity contribution is 5.79. The fourth-order valence-corrected chi connectivity index (χ4v) is 3.22. The van der Waals surface area contributed by atoms with Gasteiger partial charge in [0, 0.05) is 13.8 Å². The Morgan fingerprint density at radius 1 is 0.875 bits per heavy atom. The van der Waals surface area contributed by atoms with E-state index in [0.717, 1.165) is 39.8 Å². The topological polar surface area (TPSA) is 35.5 Å². The molecule has 1 aliphatic heterocycles. The second-order valence-corrected chi connectivity index (χ2v) is 5.71. The Hall–Kier alpha value is -2.49. The van der Waals surface area contributed by atoms with Crippen molar-refractivity contribution in [3.05, 3.63) is 53.7 Å². The molecule has 0 fully saturated rings. The van der Waals surface area contributed by atoms with E-state index in [1.165, 1.54) is 0 Å². The van der Waals surface area contributed by atoms with Crippen molar-refractivity contribution >= 4 is 0 Å². The van der Waals surface area contributed by atoms with Gasteiger partial charge in [-0.25, -0.2) is 0 Å². The highest BCUT2D eigenvalue weighted by atomic mass is 16.5. The minimum absolute atomic E-state index is 0.630. The number of nitrogens with zero attached hydrogens (tertiary/aromatic N) is 1. The summed E-state index contributed by atoms with van der Waals surface area (Å²) >= 11 is 0. The molecule has 4 heteroatoms. The summed E-state index contributed by atoms with van der Waals surface area (Å²) in [7, 11) is 0. The molecule has 2 heterocycles. The molecule has 0 saturated heterocycles. The molecule has 0 saturated carbocycles. The van der Waals surface area contributed by atoms with E-state index in [0.29, 0.717) is 19.8 Å². The van der Waals surface area contributed by atoms with E-state index in [4.69, 9.17) is 13.9 Å². The lowest BCUT2D eigenvalue weighted by Crippen LogP contribution is -2.37. The molecule has 1 aromatic heterocycles. The van der Waals surface area contributed by atoms with E-state index in [1.54, 1.807) is 6.26 Å². The van der Waals surface area contributed by atoms with Crippen LogP contribution in [0.4, 0.5) is 0 Å². The van der Waals surface area contributed by atoms with Gasteiger partial charge in [0.25, 0.3) is 0 Å². The number of fused-ring (bicyclic) bond motifs is 1. The van der Waals surface area contributed by atoms with E-state index in [1.807, 2.05) is 44.2 Å². The molecule has 0 radical (unpaired) electrons. The van der Waals surface area contributed by atoms with Gasteiger partial charge in [0.2, 0.25) is 6.54 Å². The fraction of sp³-hybridized carbons (Fsp3) is 0.350. The zero-order valence-electron chi connectivity index (χ0n) is 14.8. The van der Waals surface area contributed by atoms with E-state index in [9.17, 15) is 0 Å². The quantitative estimate of drug-likeness (QED) is 0.639. The first-order valence-corrected chi connectivity index (χ1v) is 8.41. The molecular weight excluding hydrogens is 302 g/mol. The largest absolute Gasteiger partial charge is 0.493 e. The highest BCUT2D eigenvalue weighted by Gasteiger charge is 2.32. The molecule has 0 unspecified atom stereocenters. The summed E-state index contributed by atoms with van der Waals surface area (Å²) in [6.07, 6.45) is 1.71. The molecule has 0 amide bonds. The van der Waals surface area contributed by atoms with Crippen molar-refractivity contribution in [2.75, 3.05) is 13.2 Å². The van der Waals surface area contributed by atoms with Crippen LogP contribution in [0.15, 0.2) is 41.0 Å². The SMILES string of the molecule is CCOc1cccc(OCC)c2c(C)[n+](Cc3ccco3)c(C)c1-2. The minimum atomic E-state index is 0.630. The average Bonchev–Trinajstić information content (AvgIpc) is 3.10. The van der Waals surface area contributed by atoms with E-state index in [-0.39, 0.29) is 0 Å². The Labute approximate surface area is 143 Å². The number of furan rings is 1. The van der Waals surface area contributed by atoms with Crippen LogP contribution in [0.2, 0.25) is 0 Å². The standard InChI is InChI=1S/C20H24NO3/c1-5-22-17-10-7-11-18(23-6-2)20-15(4)21(14(3)19(17)20)13-16-9-8-12-24-16/h7-12H,5-6,13H2,1-4H3/q+1. The van der Waals surface area contributed by atoms with E-state index < -0.39 is 0 Å². The van der Waals surface area contributed by atoms with Crippen LogP contribution in [-0.4, -0.2) is 13.2 Å². The van der Waals surface area contributed by atoms with Crippen molar-refractivity contribution in [3.8, 4) is 22.6 Å². The normalized spacial score (nSPS) is 11.0. The van der Waals surface area contributed by atoms with Crippen molar-refractivity contribution < 1.29 is 18.5 Å². The van der Waals surface area contributed by atoms with Crippen LogP contribution in [0.1, 0.15) is 31.0 Å². The number of hydrogen-bond acceptors (Lipinski definition) is 3. The number of rotatable bonds is 6. The second-order valence-electron chi connectivity index (χ2n) is 5.71. The lowest BCUT2D eigenvalue weighted by molar-refractivity contribution is -0.697. The third-order valence-corrected chi connectivity index (χ3v) is 4.27. The summed E-state index contributed by atoms with van der Waals surface area (Å²) in [5.41, 5.74) is 4.52. The molecule has 1 aliphatic carbocycles. The van der Waals surface area contributed by atoms with Gasteiger partial charge in [-0.3, -0.25) is 0 Å². The maximum atomic E-state index is 5.90. The summed E-state index contributed by atoms with van der Waals surface area (Å²) in [6.45, 7) is 10.2. The maximum Gasteiger partial charge on any atom is 0.206 e. The lowest BCUT2D eigenvalue weighted by Gasteiger charge is -2.06. The van der Waals surface area contributed by atoms with Gasteiger partial charge in [-0.15, -0.1) is 0 Å². The first kappa shape index (κ1) is 16.4. The predicted molar refractivity (Wildman–Crippen MR) is 92.9 cm³/mol. The molecule has 1 aromatic rings. The first-order valence-electron chi connectivity index (χ1n) is 8.41. The number of ether oxygens (including phenoxy) is 2. The zero-order valence-corrected chi connectivity index (χ0v) is 14.8. The predicted octanol–water partition coefficient (Wildman–Crippen LogP) is 4.13. The second kappa shape index (κ2) is 6.95. The summed E-state index contributed by atoms with van der Waals surface area (Å²) in [5.74, 6) is 2.70. The Kier molecular flexibility index (Phi) is 4.74. The summed E-state index contributed by atoms with van der Waals surface area (Å²) in [5, 5.41) is 0. The molecule has 0 N–H and O–H groups in total. The Morgan fingerprint density at radius 3 is 1.92 bits per heavy atom. The monoisotopic (exact) mass is 326 g/mol. The summed E-state index contributed by atoms with van der Waals surface area (Å²) in [4.78, 5) is 0. The van der Waals surface area contributed by atoms with Gasteiger partial charge in [0.1, 0.15) is 22.6 Å². The van der Waals surface area contributed by atoms with Crippen molar-refractivity contribution in [2.45, 2.75) is 34.2 Å². The van der Waals surface area contributed by atoms with Gasteiger partial charge in [0.15, 0.2) is 17.1 Å². The van der Waals surface area contributed by atoms with Gasteiger partial charge in [-0.05, 0) is 38.1 Å². The molecule has 0 aromatic carbocycles. The van der Waals surface area contributed by atoms with Crippen LogP contribution >= 0.6 is 0 Å². The molecule has 0 spiro atoms. The number of aromatic nitrogens is 1. The molecule has 4 nitrogen and oxygen atoms in total. The van der Waals surface area contributed by atoms with Crippen LogP contribution in [-0.2, 0) is 6.54 Å². The van der Waals surface area contributed by atoms with E-state index >= 15 is 0 Å². The van der Waals surface area contributed by atoms with Crippen molar-refractivity contribution in [2.24, 2.45) is 0 Å². The molecule has 126 valence electrons. The summed E-state index contributed by atoms with van der Waals surface area (Å²) in [6, 6.07) is 9.93.